The lowest BCUT2D eigenvalue weighted by Crippen LogP contribution is -2.33. The van der Waals surface area contributed by atoms with Gasteiger partial charge >= 0.3 is 5.97 Å². The van der Waals surface area contributed by atoms with E-state index in [1.54, 1.807) is 61.7 Å². The minimum Gasteiger partial charge on any atom is -0.497 e. The fraction of sp³-hybridized carbons (Fsp3) is 0.190. The smallest absolute Gasteiger partial charge is 0.337 e. The topological polar surface area (TPSA) is 84.9 Å². The summed E-state index contributed by atoms with van der Waals surface area (Å²) in [6.07, 6.45) is 2.98. The van der Waals surface area contributed by atoms with Gasteiger partial charge in [0.2, 0.25) is 11.8 Å². The number of ether oxygens (including phenoxy) is 2. The van der Waals surface area contributed by atoms with Gasteiger partial charge in [-0.2, -0.15) is 0 Å². The largest absolute Gasteiger partial charge is 0.497 e. The molecule has 0 unspecified atom stereocenters. The van der Waals surface area contributed by atoms with Gasteiger partial charge in [0.1, 0.15) is 5.75 Å². The van der Waals surface area contributed by atoms with Gasteiger partial charge in [-0.25, -0.2) is 4.79 Å². The van der Waals surface area contributed by atoms with Crippen molar-refractivity contribution in [3.8, 4) is 5.75 Å². The highest BCUT2D eigenvalue weighted by Crippen LogP contribution is 2.16. The highest BCUT2D eigenvalue weighted by Gasteiger charge is 2.11. The molecule has 28 heavy (non-hydrogen) atoms. The SMILES string of the molecule is COC(=O)c1ccc(/C=C/C(=O)N(C)CC(=O)Nc2cccc(OC)c2)cc1. The molecule has 0 atom stereocenters. The number of benzene rings is 2. The molecule has 0 heterocycles. The van der Waals surface area contributed by atoms with Gasteiger partial charge in [-0.1, -0.05) is 18.2 Å². The molecule has 0 radical (unpaired) electrons. The molecule has 0 spiro atoms. The fourth-order valence-electron chi connectivity index (χ4n) is 2.34. The summed E-state index contributed by atoms with van der Waals surface area (Å²) in [6, 6.07) is 13.6. The summed E-state index contributed by atoms with van der Waals surface area (Å²) in [5.74, 6) is -0.436. The Morgan fingerprint density at radius 3 is 2.43 bits per heavy atom. The van der Waals surface area contributed by atoms with Crippen LogP contribution >= 0.6 is 0 Å². The first-order valence-electron chi connectivity index (χ1n) is 8.48. The van der Waals surface area contributed by atoms with Gasteiger partial charge in [0.05, 0.1) is 26.3 Å². The molecule has 0 aliphatic carbocycles. The Balaban J connectivity index is 1.90. The molecule has 2 aromatic rings. The molecule has 2 amide bonds. The number of anilines is 1. The number of nitrogens with one attached hydrogen (secondary N) is 1. The molecule has 0 aliphatic rings. The van der Waals surface area contributed by atoms with Crippen molar-refractivity contribution in [3.63, 3.8) is 0 Å². The van der Waals surface area contributed by atoms with E-state index >= 15 is 0 Å². The van der Waals surface area contributed by atoms with Crippen LogP contribution in [0.3, 0.4) is 0 Å². The van der Waals surface area contributed by atoms with Crippen LogP contribution in [0.25, 0.3) is 6.08 Å². The van der Waals surface area contributed by atoms with Crippen LogP contribution in [-0.4, -0.2) is 50.5 Å². The van der Waals surface area contributed by atoms with E-state index in [-0.39, 0.29) is 18.4 Å². The quantitative estimate of drug-likeness (QED) is 0.588. The Morgan fingerprint density at radius 2 is 1.79 bits per heavy atom. The summed E-state index contributed by atoms with van der Waals surface area (Å²) in [6.45, 7) is -0.0956. The van der Waals surface area contributed by atoms with Gasteiger partial charge in [0, 0.05) is 24.9 Å². The maximum atomic E-state index is 12.2. The van der Waals surface area contributed by atoms with E-state index in [0.717, 1.165) is 5.56 Å². The first kappa shape index (κ1) is 20.7. The second kappa shape index (κ2) is 9.91. The maximum absolute atomic E-state index is 12.2. The average Bonchev–Trinajstić information content (AvgIpc) is 2.71. The monoisotopic (exact) mass is 382 g/mol. The highest BCUT2D eigenvalue weighted by molar-refractivity contribution is 5.98. The van der Waals surface area contributed by atoms with E-state index in [9.17, 15) is 14.4 Å². The minimum atomic E-state index is -0.423. The van der Waals surface area contributed by atoms with Crippen LogP contribution in [-0.2, 0) is 14.3 Å². The predicted molar refractivity (Wildman–Crippen MR) is 106 cm³/mol. The van der Waals surface area contributed by atoms with Crippen LogP contribution in [0.1, 0.15) is 15.9 Å². The average molecular weight is 382 g/mol. The lowest BCUT2D eigenvalue weighted by atomic mass is 10.1. The maximum Gasteiger partial charge on any atom is 0.337 e. The summed E-state index contributed by atoms with van der Waals surface area (Å²) in [5.41, 5.74) is 1.76. The van der Waals surface area contributed by atoms with Crippen LogP contribution in [0.15, 0.2) is 54.6 Å². The Morgan fingerprint density at radius 1 is 1.07 bits per heavy atom. The van der Waals surface area contributed by atoms with Crippen molar-refractivity contribution >= 4 is 29.5 Å². The van der Waals surface area contributed by atoms with Crippen molar-refractivity contribution in [2.45, 2.75) is 0 Å². The lowest BCUT2D eigenvalue weighted by molar-refractivity contribution is -0.129. The number of nitrogens with zero attached hydrogens (tertiary/aromatic N) is 1. The van der Waals surface area contributed by atoms with Crippen LogP contribution in [0, 0.1) is 0 Å². The zero-order valence-corrected chi connectivity index (χ0v) is 16.0. The number of carbonyl (C=O) groups is 3. The molecule has 2 rings (SSSR count). The van der Waals surface area contributed by atoms with Crippen molar-refractivity contribution in [3.05, 3.63) is 65.7 Å². The van der Waals surface area contributed by atoms with Gasteiger partial charge in [0.25, 0.3) is 0 Å². The second-order valence-electron chi connectivity index (χ2n) is 5.92. The molecule has 7 nitrogen and oxygen atoms in total. The summed E-state index contributed by atoms with van der Waals surface area (Å²) in [7, 11) is 4.40. The Kier molecular flexibility index (Phi) is 7.33. The fourth-order valence-corrected chi connectivity index (χ4v) is 2.34. The summed E-state index contributed by atoms with van der Waals surface area (Å²) in [5, 5.41) is 2.72. The molecule has 7 heteroatoms. The Hall–Kier alpha value is -3.61. The van der Waals surface area contributed by atoms with Crippen LogP contribution in [0.4, 0.5) is 5.69 Å². The van der Waals surface area contributed by atoms with Crippen molar-refractivity contribution in [1.82, 2.24) is 4.90 Å². The molecule has 0 aromatic heterocycles. The summed E-state index contributed by atoms with van der Waals surface area (Å²) < 4.78 is 9.74. The third kappa shape index (κ3) is 5.98. The highest BCUT2D eigenvalue weighted by atomic mass is 16.5. The van der Waals surface area contributed by atoms with Crippen molar-refractivity contribution in [1.29, 1.82) is 0 Å². The zero-order valence-electron chi connectivity index (χ0n) is 16.0. The summed E-state index contributed by atoms with van der Waals surface area (Å²) >= 11 is 0. The normalized spacial score (nSPS) is 10.4. The molecule has 2 aromatic carbocycles. The predicted octanol–water partition coefficient (Wildman–Crippen LogP) is 2.59. The van der Waals surface area contributed by atoms with Crippen LogP contribution in [0.5, 0.6) is 5.75 Å². The first-order valence-corrected chi connectivity index (χ1v) is 8.48. The van der Waals surface area contributed by atoms with E-state index in [1.807, 2.05) is 0 Å². The zero-order chi connectivity index (χ0) is 20.5. The van der Waals surface area contributed by atoms with Gasteiger partial charge in [-0.15, -0.1) is 0 Å². The number of hydrogen-bond donors (Lipinski definition) is 1. The van der Waals surface area contributed by atoms with Crippen LogP contribution < -0.4 is 10.1 Å². The van der Waals surface area contributed by atoms with Gasteiger partial charge in [-0.05, 0) is 35.9 Å². The van der Waals surface area contributed by atoms with Crippen molar-refractivity contribution in [2.75, 3.05) is 33.1 Å². The second-order valence-corrected chi connectivity index (χ2v) is 5.92. The standard InChI is InChI=1S/C21H22N2O5/c1-23(14-19(24)22-17-5-4-6-18(13-17)27-2)20(25)12-9-15-7-10-16(11-8-15)21(26)28-3/h4-13H,14H2,1-3H3,(H,22,24)/b12-9+. The molecular formula is C21H22N2O5. The van der Waals surface area contributed by atoms with E-state index in [1.165, 1.54) is 25.1 Å². The molecule has 0 aliphatic heterocycles. The number of amides is 2. The van der Waals surface area contributed by atoms with Crippen LogP contribution in [0.2, 0.25) is 0 Å². The molecule has 0 saturated heterocycles. The van der Waals surface area contributed by atoms with Gasteiger partial charge in [-0.3, -0.25) is 9.59 Å². The van der Waals surface area contributed by atoms with E-state index in [0.29, 0.717) is 17.0 Å². The first-order chi connectivity index (χ1) is 13.4. The number of hydrogen-bond acceptors (Lipinski definition) is 5. The molecule has 1 N–H and O–H groups in total. The third-order valence-electron chi connectivity index (χ3n) is 3.86. The Bertz CT molecular complexity index is 875. The van der Waals surface area contributed by atoms with Crippen molar-refractivity contribution in [2.24, 2.45) is 0 Å². The summed E-state index contributed by atoms with van der Waals surface area (Å²) in [4.78, 5) is 37.0. The third-order valence-corrected chi connectivity index (χ3v) is 3.86. The van der Waals surface area contributed by atoms with E-state index in [4.69, 9.17) is 4.74 Å². The number of carbonyl (C=O) groups excluding carboxylic acids is 3. The number of methoxy groups -OCH3 is 2. The van der Waals surface area contributed by atoms with Crippen molar-refractivity contribution < 1.29 is 23.9 Å². The molecule has 0 bridgehead atoms. The van der Waals surface area contributed by atoms with E-state index < -0.39 is 5.97 Å². The number of esters is 1. The molecule has 146 valence electrons. The number of likely N-dealkylation sites (N-methyl/N-ethyl adjacent to an activating group) is 1. The van der Waals surface area contributed by atoms with E-state index in [2.05, 4.69) is 10.1 Å². The molecule has 0 saturated carbocycles. The molecule has 0 fully saturated rings. The van der Waals surface area contributed by atoms with Gasteiger partial charge in [0.15, 0.2) is 0 Å². The minimum absolute atomic E-state index is 0.0956. The molecular weight excluding hydrogens is 360 g/mol. The lowest BCUT2D eigenvalue weighted by Gasteiger charge is -2.15. The number of rotatable bonds is 7. The van der Waals surface area contributed by atoms with Gasteiger partial charge < -0.3 is 19.7 Å². The Labute approximate surface area is 163 Å².